The van der Waals surface area contributed by atoms with E-state index in [1.165, 1.54) is 24.8 Å². The van der Waals surface area contributed by atoms with Gasteiger partial charge in [-0.05, 0) is 68.1 Å². The number of benzene rings is 2. The summed E-state index contributed by atoms with van der Waals surface area (Å²) in [4.78, 5) is 19.4. The zero-order chi connectivity index (χ0) is 19.3. The maximum Gasteiger partial charge on any atom is 0.262 e. The molecule has 1 N–H and O–H groups in total. The Morgan fingerprint density at radius 3 is 2.64 bits per heavy atom. The molecule has 1 amide bonds. The van der Waals surface area contributed by atoms with Crippen LogP contribution in [-0.4, -0.2) is 30.6 Å². The molecule has 144 valence electrons. The van der Waals surface area contributed by atoms with Crippen molar-refractivity contribution < 1.29 is 9.53 Å². The summed E-state index contributed by atoms with van der Waals surface area (Å²) in [5.74, 6) is 1.55. The Labute approximate surface area is 165 Å². The lowest BCUT2D eigenvalue weighted by Crippen LogP contribution is -2.30. The molecule has 0 aliphatic carbocycles. The molecule has 0 saturated carbocycles. The van der Waals surface area contributed by atoms with E-state index in [-0.39, 0.29) is 12.5 Å². The molecule has 5 heteroatoms. The summed E-state index contributed by atoms with van der Waals surface area (Å²) in [7, 11) is 0. The number of pyridine rings is 1. The molecule has 3 aromatic rings. The van der Waals surface area contributed by atoms with E-state index < -0.39 is 0 Å². The number of ether oxygens (including phenoxy) is 1. The average molecular weight is 375 g/mol. The van der Waals surface area contributed by atoms with Crippen molar-refractivity contribution in [3.05, 3.63) is 60.2 Å². The lowest BCUT2D eigenvalue weighted by Gasteiger charge is -2.28. The van der Waals surface area contributed by atoms with Gasteiger partial charge in [0.05, 0.1) is 5.52 Å². The Morgan fingerprint density at radius 1 is 1.07 bits per heavy atom. The average Bonchev–Trinajstić information content (AvgIpc) is 2.74. The zero-order valence-electron chi connectivity index (χ0n) is 16.1. The number of fused-ring (bicyclic) bond motifs is 1. The fourth-order valence-corrected chi connectivity index (χ4v) is 3.60. The molecular formula is C23H25N3O2. The molecule has 1 fully saturated rings. The monoisotopic (exact) mass is 375 g/mol. The van der Waals surface area contributed by atoms with Gasteiger partial charge in [-0.1, -0.05) is 18.2 Å². The Bertz CT molecular complexity index is 966. The molecule has 1 aliphatic heterocycles. The van der Waals surface area contributed by atoms with Gasteiger partial charge >= 0.3 is 0 Å². The lowest BCUT2D eigenvalue weighted by atomic mass is 10.1. The summed E-state index contributed by atoms with van der Waals surface area (Å²) >= 11 is 0. The molecule has 2 heterocycles. The molecule has 0 atom stereocenters. The summed E-state index contributed by atoms with van der Waals surface area (Å²) in [6, 6.07) is 17.3. The Kier molecular flexibility index (Phi) is 5.42. The van der Waals surface area contributed by atoms with Crippen molar-refractivity contribution >= 4 is 28.3 Å². The molecule has 0 spiro atoms. The highest BCUT2D eigenvalue weighted by Gasteiger charge is 2.14. The molecule has 5 nitrogen and oxygen atoms in total. The topological polar surface area (TPSA) is 54.5 Å². The molecule has 28 heavy (non-hydrogen) atoms. The second-order valence-electron chi connectivity index (χ2n) is 7.23. The third-order valence-electron chi connectivity index (χ3n) is 5.08. The van der Waals surface area contributed by atoms with Gasteiger partial charge < -0.3 is 15.0 Å². The number of nitrogens with one attached hydrogen (secondary N) is 1. The number of hydrogen-bond donors (Lipinski definition) is 1. The largest absolute Gasteiger partial charge is 0.484 e. The molecule has 0 bridgehead atoms. The summed E-state index contributed by atoms with van der Waals surface area (Å²) < 4.78 is 5.50. The van der Waals surface area contributed by atoms with Crippen LogP contribution in [0, 0.1) is 6.92 Å². The molecule has 4 rings (SSSR count). The molecule has 0 radical (unpaired) electrons. The van der Waals surface area contributed by atoms with Crippen LogP contribution in [0.4, 0.5) is 11.5 Å². The van der Waals surface area contributed by atoms with Gasteiger partial charge in [0.15, 0.2) is 6.61 Å². The third-order valence-corrected chi connectivity index (χ3v) is 5.08. The Hall–Kier alpha value is -3.08. The van der Waals surface area contributed by atoms with Gasteiger partial charge in [0, 0.05) is 24.2 Å². The van der Waals surface area contributed by atoms with Crippen LogP contribution in [-0.2, 0) is 4.79 Å². The number of anilines is 2. The van der Waals surface area contributed by atoms with Crippen LogP contribution in [0.15, 0.2) is 54.6 Å². The number of rotatable bonds is 5. The van der Waals surface area contributed by atoms with Crippen LogP contribution in [0.25, 0.3) is 10.9 Å². The predicted molar refractivity (Wildman–Crippen MR) is 113 cm³/mol. The number of aromatic nitrogens is 1. The van der Waals surface area contributed by atoms with E-state index in [0.717, 1.165) is 35.5 Å². The molecule has 2 aromatic carbocycles. The number of carbonyl (C=O) groups excluding carboxylic acids is 1. The van der Waals surface area contributed by atoms with Gasteiger partial charge in [-0.3, -0.25) is 4.79 Å². The number of nitrogens with zero attached hydrogens (tertiary/aromatic N) is 2. The maximum atomic E-state index is 12.2. The first-order valence-corrected chi connectivity index (χ1v) is 9.83. The molecule has 0 unspecified atom stereocenters. The lowest BCUT2D eigenvalue weighted by molar-refractivity contribution is -0.118. The van der Waals surface area contributed by atoms with Gasteiger partial charge in [-0.15, -0.1) is 0 Å². The van der Waals surface area contributed by atoms with Crippen LogP contribution >= 0.6 is 0 Å². The van der Waals surface area contributed by atoms with Crippen molar-refractivity contribution in [2.24, 2.45) is 0 Å². The highest BCUT2D eigenvalue weighted by atomic mass is 16.5. The Balaban J connectivity index is 1.46. The number of aryl methyl sites for hydroxylation is 1. The maximum absolute atomic E-state index is 12.2. The smallest absolute Gasteiger partial charge is 0.262 e. The van der Waals surface area contributed by atoms with Gasteiger partial charge in [0.25, 0.3) is 5.91 Å². The van der Waals surface area contributed by atoms with E-state index in [2.05, 4.69) is 23.2 Å². The van der Waals surface area contributed by atoms with Crippen molar-refractivity contribution in [3.8, 4) is 5.75 Å². The Morgan fingerprint density at radius 2 is 1.86 bits per heavy atom. The molecule has 1 aliphatic rings. The minimum atomic E-state index is -0.182. The van der Waals surface area contributed by atoms with Crippen molar-refractivity contribution in [2.45, 2.75) is 26.2 Å². The van der Waals surface area contributed by atoms with Gasteiger partial charge in [-0.2, -0.15) is 0 Å². The second kappa shape index (κ2) is 8.30. The standard InChI is InChI=1S/C23H25N3O2/c1-17-14-22(26-12-6-3-7-13-26)25-21-11-10-18(15-20(17)21)24-23(27)16-28-19-8-4-2-5-9-19/h2,4-5,8-11,14-15H,3,6-7,12-13,16H2,1H3,(H,24,27). The van der Waals surface area contributed by atoms with Crippen LogP contribution in [0.2, 0.25) is 0 Å². The zero-order valence-corrected chi connectivity index (χ0v) is 16.1. The SMILES string of the molecule is Cc1cc(N2CCCCC2)nc2ccc(NC(=O)COc3ccccc3)cc12. The first-order valence-electron chi connectivity index (χ1n) is 9.83. The van der Waals surface area contributed by atoms with Gasteiger partial charge in [0.2, 0.25) is 0 Å². The van der Waals surface area contributed by atoms with Crippen LogP contribution in [0.1, 0.15) is 24.8 Å². The van der Waals surface area contributed by atoms with Crippen molar-refractivity contribution in [1.82, 2.24) is 4.98 Å². The summed E-state index contributed by atoms with van der Waals surface area (Å²) in [5, 5.41) is 3.97. The van der Waals surface area contributed by atoms with Crippen molar-refractivity contribution in [3.63, 3.8) is 0 Å². The first kappa shape index (κ1) is 18.3. The van der Waals surface area contributed by atoms with E-state index in [0.29, 0.717) is 5.75 Å². The minimum Gasteiger partial charge on any atom is -0.484 e. The first-order chi connectivity index (χ1) is 13.7. The van der Waals surface area contributed by atoms with Gasteiger partial charge in [0.1, 0.15) is 11.6 Å². The van der Waals surface area contributed by atoms with Crippen LogP contribution in [0.5, 0.6) is 5.75 Å². The predicted octanol–water partition coefficient (Wildman–Crippen LogP) is 4.55. The number of amides is 1. The van der Waals surface area contributed by atoms with Crippen LogP contribution < -0.4 is 15.0 Å². The third kappa shape index (κ3) is 4.25. The number of piperidine rings is 1. The fourth-order valence-electron chi connectivity index (χ4n) is 3.60. The second-order valence-corrected chi connectivity index (χ2v) is 7.23. The molecule has 1 aromatic heterocycles. The summed E-state index contributed by atoms with van der Waals surface area (Å²) in [6.45, 7) is 4.23. The normalized spacial score (nSPS) is 14.1. The number of carbonyl (C=O) groups is 1. The molecular weight excluding hydrogens is 350 g/mol. The molecule has 1 saturated heterocycles. The fraction of sp³-hybridized carbons (Fsp3) is 0.304. The highest BCUT2D eigenvalue weighted by molar-refractivity contribution is 5.95. The summed E-state index contributed by atoms with van der Waals surface area (Å²) in [5.41, 5.74) is 2.88. The number of para-hydroxylation sites is 1. The van der Waals surface area contributed by atoms with Crippen molar-refractivity contribution in [2.75, 3.05) is 29.9 Å². The van der Waals surface area contributed by atoms with Gasteiger partial charge in [-0.25, -0.2) is 4.98 Å². The van der Waals surface area contributed by atoms with Crippen molar-refractivity contribution in [1.29, 1.82) is 0 Å². The minimum absolute atomic E-state index is 0.0207. The van der Waals surface area contributed by atoms with E-state index in [1.807, 2.05) is 48.5 Å². The van der Waals surface area contributed by atoms with E-state index >= 15 is 0 Å². The number of hydrogen-bond acceptors (Lipinski definition) is 4. The van der Waals surface area contributed by atoms with E-state index in [9.17, 15) is 4.79 Å². The highest BCUT2D eigenvalue weighted by Crippen LogP contribution is 2.27. The quantitative estimate of drug-likeness (QED) is 0.711. The van der Waals surface area contributed by atoms with E-state index in [1.54, 1.807) is 0 Å². The summed E-state index contributed by atoms with van der Waals surface area (Å²) in [6.07, 6.45) is 3.77. The van der Waals surface area contributed by atoms with E-state index in [4.69, 9.17) is 9.72 Å². The van der Waals surface area contributed by atoms with Crippen LogP contribution in [0.3, 0.4) is 0 Å².